The zero-order chi connectivity index (χ0) is 15.7. The van der Waals surface area contributed by atoms with Crippen LogP contribution in [0.1, 0.15) is 52.9 Å². The first-order chi connectivity index (χ1) is 9.99. The third-order valence-electron chi connectivity index (χ3n) is 4.48. The number of hydrogen-bond acceptors (Lipinski definition) is 2. The molecule has 0 amide bonds. The maximum absolute atomic E-state index is 3.65. The predicted molar refractivity (Wildman–Crippen MR) is 94.7 cm³/mol. The Morgan fingerprint density at radius 2 is 2.14 bits per heavy atom. The molecule has 2 nitrogen and oxygen atoms in total. The summed E-state index contributed by atoms with van der Waals surface area (Å²) in [6.45, 7) is 10.3. The zero-order valence-corrected chi connectivity index (χ0v) is 14.9. The van der Waals surface area contributed by atoms with Gasteiger partial charge < -0.3 is 10.2 Å². The van der Waals surface area contributed by atoms with E-state index in [2.05, 4.69) is 57.2 Å². The average molecular weight is 293 g/mol. The second kappa shape index (κ2) is 10.2. The molecule has 0 bridgehead atoms. The standard InChI is InChI=1S/C19H36N2/c1-16(2)8-6-9-18-10-11-19(17(3)14-18)15-20-12-7-13-21(4)5/h8,10,17,19-20H,6-7,9,11-15H2,1-5H3/t17-,19+/m1/s1. The molecule has 0 aromatic carbocycles. The number of nitrogens with zero attached hydrogens (tertiary/aromatic N) is 1. The van der Waals surface area contributed by atoms with Gasteiger partial charge in [-0.25, -0.2) is 0 Å². The summed E-state index contributed by atoms with van der Waals surface area (Å²) in [5, 5.41) is 3.65. The van der Waals surface area contributed by atoms with Crippen molar-refractivity contribution in [3.63, 3.8) is 0 Å². The van der Waals surface area contributed by atoms with E-state index in [0.717, 1.165) is 18.4 Å². The fourth-order valence-corrected chi connectivity index (χ4v) is 3.06. The van der Waals surface area contributed by atoms with Gasteiger partial charge in [-0.2, -0.15) is 0 Å². The quantitative estimate of drug-likeness (QED) is 0.505. The Bertz CT molecular complexity index is 337. The lowest BCUT2D eigenvalue weighted by Crippen LogP contribution is -2.30. The van der Waals surface area contributed by atoms with E-state index in [-0.39, 0.29) is 0 Å². The lowest BCUT2D eigenvalue weighted by Gasteiger charge is -2.29. The van der Waals surface area contributed by atoms with Crippen LogP contribution in [-0.2, 0) is 0 Å². The molecule has 0 heterocycles. The molecular weight excluding hydrogens is 256 g/mol. The van der Waals surface area contributed by atoms with Crippen LogP contribution in [0.2, 0.25) is 0 Å². The predicted octanol–water partition coefficient (Wildman–Crippen LogP) is 4.25. The largest absolute Gasteiger partial charge is 0.316 e. The van der Waals surface area contributed by atoms with Crippen molar-refractivity contribution in [3.05, 3.63) is 23.3 Å². The van der Waals surface area contributed by atoms with Gasteiger partial charge in [-0.3, -0.25) is 0 Å². The molecule has 2 heteroatoms. The number of hydrogen-bond donors (Lipinski definition) is 1. The summed E-state index contributed by atoms with van der Waals surface area (Å²) in [5.74, 6) is 1.66. The van der Waals surface area contributed by atoms with Gasteiger partial charge in [0.2, 0.25) is 0 Å². The molecule has 0 saturated heterocycles. The molecule has 0 spiro atoms. The van der Waals surface area contributed by atoms with E-state index < -0.39 is 0 Å². The first kappa shape index (κ1) is 18.4. The maximum Gasteiger partial charge on any atom is -0.00127 e. The van der Waals surface area contributed by atoms with Crippen LogP contribution < -0.4 is 5.32 Å². The number of allylic oxidation sites excluding steroid dienone is 4. The van der Waals surface area contributed by atoms with Crippen LogP contribution in [0.4, 0.5) is 0 Å². The first-order valence-corrected chi connectivity index (χ1v) is 8.65. The fourth-order valence-electron chi connectivity index (χ4n) is 3.06. The van der Waals surface area contributed by atoms with Crippen LogP contribution in [0.5, 0.6) is 0 Å². The van der Waals surface area contributed by atoms with Gasteiger partial charge in [0.05, 0.1) is 0 Å². The highest BCUT2D eigenvalue weighted by Gasteiger charge is 2.21. The normalized spacial score (nSPS) is 22.3. The van der Waals surface area contributed by atoms with Crippen LogP contribution in [-0.4, -0.2) is 38.6 Å². The Hall–Kier alpha value is -0.600. The van der Waals surface area contributed by atoms with E-state index in [9.17, 15) is 0 Å². The molecule has 1 aliphatic carbocycles. The van der Waals surface area contributed by atoms with Crippen LogP contribution in [0.25, 0.3) is 0 Å². The average Bonchev–Trinajstić information content (AvgIpc) is 2.39. The van der Waals surface area contributed by atoms with E-state index >= 15 is 0 Å². The Morgan fingerprint density at radius 3 is 2.76 bits per heavy atom. The molecule has 0 saturated carbocycles. The van der Waals surface area contributed by atoms with Gasteiger partial charge in [-0.15, -0.1) is 0 Å². The van der Waals surface area contributed by atoms with Crippen LogP contribution in [0.15, 0.2) is 23.3 Å². The SMILES string of the molecule is CC(C)=CCCC1=CC[C@@H](CNCCCN(C)C)[C@H](C)C1. The van der Waals surface area contributed by atoms with Crippen molar-refractivity contribution in [2.45, 2.75) is 52.9 Å². The van der Waals surface area contributed by atoms with Crippen LogP contribution in [0, 0.1) is 11.8 Å². The molecule has 21 heavy (non-hydrogen) atoms. The van der Waals surface area contributed by atoms with Crippen molar-refractivity contribution in [1.82, 2.24) is 10.2 Å². The number of rotatable bonds is 9. The second-order valence-electron chi connectivity index (χ2n) is 7.22. The van der Waals surface area contributed by atoms with Crippen molar-refractivity contribution in [1.29, 1.82) is 0 Å². The topological polar surface area (TPSA) is 15.3 Å². The van der Waals surface area contributed by atoms with E-state index in [1.54, 1.807) is 5.57 Å². The van der Waals surface area contributed by atoms with E-state index in [1.807, 2.05) is 0 Å². The summed E-state index contributed by atoms with van der Waals surface area (Å²) in [7, 11) is 4.29. The smallest absolute Gasteiger partial charge is 0.00127 e. The third-order valence-corrected chi connectivity index (χ3v) is 4.48. The van der Waals surface area contributed by atoms with Crippen molar-refractivity contribution in [3.8, 4) is 0 Å². The minimum absolute atomic E-state index is 0.830. The highest BCUT2D eigenvalue weighted by Crippen LogP contribution is 2.31. The second-order valence-corrected chi connectivity index (χ2v) is 7.22. The van der Waals surface area contributed by atoms with E-state index in [4.69, 9.17) is 0 Å². The Balaban J connectivity index is 2.21. The van der Waals surface area contributed by atoms with Gasteiger partial charge in [0.15, 0.2) is 0 Å². The summed E-state index contributed by atoms with van der Waals surface area (Å²) in [5.41, 5.74) is 3.13. The highest BCUT2D eigenvalue weighted by atomic mass is 15.1. The van der Waals surface area contributed by atoms with Gasteiger partial charge in [0.1, 0.15) is 0 Å². The van der Waals surface area contributed by atoms with Gasteiger partial charge in [0, 0.05) is 0 Å². The van der Waals surface area contributed by atoms with Gasteiger partial charge in [0.25, 0.3) is 0 Å². The molecule has 0 unspecified atom stereocenters. The van der Waals surface area contributed by atoms with Crippen molar-refractivity contribution < 1.29 is 0 Å². The summed E-state index contributed by atoms with van der Waals surface area (Å²) in [6, 6.07) is 0. The maximum atomic E-state index is 3.65. The molecule has 0 aliphatic heterocycles. The molecule has 122 valence electrons. The van der Waals surface area contributed by atoms with Crippen molar-refractivity contribution >= 4 is 0 Å². The molecule has 0 aromatic heterocycles. The lowest BCUT2D eigenvalue weighted by atomic mass is 9.79. The Kier molecular flexibility index (Phi) is 8.94. The molecule has 0 radical (unpaired) electrons. The molecule has 2 atom stereocenters. The number of nitrogens with one attached hydrogen (secondary N) is 1. The monoisotopic (exact) mass is 292 g/mol. The van der Waals surface area contributed by atoms with Crippen molar-refractivity contribution in [2.24, 2.45) is 11.8 Å². The molecule has 1 aliphatic rings. The lowest BCUT2D eigenvalue weighted by molar-refractivity contribution is 0.316. The summed E-state index contributed by atoms with van der Waals surface area (Å²) in [4.78, 5) is 2.26. The molecule has 1 rings (SSSR count). The minimum Gasteiger partial charge on any atom is -0.316 e. The van der Waals surface area contributed by atoms with Gasteiger partial charge >= 0.3 is 0 Å². The summed E-state index contributed by atoms with van der Waals surface area (Å²) < 4.78 is 0. The fraction of sp³-hybridized carbons (Fsp3) is 0.789. The van der Waals surface area contributed by atoms with Gasteiger partial charge in [-0.1, -0.05) is 30.2 Å². The Labute approximate surface area is 132 Å². The summed E-state index contributed by atoms with van der Waals surface area (Å²) in [6.07, 6.45) is 11.2. The van der Waals surface area contributed by atoms with Crippen molar-refractivity contribution in [2.75, 3.05) is 33.7 Å². The summed E-state index contributed by atoms with van der Waals surface area (Å²) >= 11 is 0. The van der Waals surface area contributed by atoms with E-state index in [1.165, 1.54) is 50.8 Å². The van der Waals surface area contributed by atoms with Crippen LogP contribution >= 0.6 is 0 Å². The minimum atomic E-state index is 0.830. The molecule has 1 N–H and O–H groups in total. The Morgan fingerprint density at radius 1 is 1.38 bits per heavy atom. The molecule has 0 aromatic rings. The molecule has 0 fully saturated rings. The van der Waals surface area contributed by atoms with Gasteiger partial charge in [-0.05, 0) is 91.5 Å². The molecular formula is C19H36N2. The van der Waals surface area contributed by atoms with Crippen LogP contribution in [0.3, 0.4) is 0 Å². The first-order valence-electron chi connectivity index (χ1n) is 8.65. The highest BCUT2D eigenvalue weighted by molar-refractivity contribution is 5.10. The van der Waals surface area contributed by atoms with E-state index in [0.29, 0.717) is 0 Å². The third kappa shape index (κ3) is 8.43. The zero-order valence-electron chi connectivity index (χ0n) is 14.9.